The summed E-state index contributed by atoms with van der Waals surface area (Å²) in [4.78, 5) is 10.2. The largest absolute Gasteiger partial charge is 0.481 e. The molecule has 0 saturated heterocycles. The molecule has 0 aliphatic rings. The summed E-state index contributed by atoms with van der Waals surface area (Å²) in [6.45, 7) is 2.18. The third-order valence-corrected chi connectivity index (χ3v) is 1.90. The van der Waals surface area contributed by atoms with E-state index < -0.39 is 5.97 Å². The Hall–Kier alpha value is -0.790. The monoisotopic (exact) mass is 184 g/mol. The van der Waals surface area contributed by atoms with Crippen LogP contribution in [0.3, 0.4) is 0 Å². The van der Waals surface area contributed by atoms with Gasteiger partial charge >= 0.3 is 5.97 Å². The molecule has 2 heteroatoms. The number of carbonyl (C=O) groups is 1. The van der Waals surface area contributed by atoms with E-state index in [0.717, 1.165) is 25.7 Å². The van der Waals surface area contributed by atoms with Crippen molar-refractivity contribution in [2.24, 2.45) is 0 Å². The van der Waals surface area contributed by atoms with E-state index in [0.29, 0.717) is 6.42 Å². The molecule has 13 heavy (non-hydrogen) atoms. The fraction of sp³-hybridized carbons (Fsp3) is 0.727. The van der Waals surface area contributed by atoms with Crippen LogP contribution >= 0.6 is 0 Å². The van der Waals surface area contributed by atoms with Crippen molar-refractivity contribution in [2.45, 2.75) is 51.9 Å². The molecular formula is C11H20O2. The van der Waals surface area contributed by atoms with Crippen LogP contribution in [-0.2, 0) is 4.79 Å². The summed E-state index contributed by atoms with van der Waals surface area (Å²) in [5.41, 5.74) is 0. The van der Waals surface area contributed by atoms with Crippen molar-refractivity contribution in [1.82, 2.24) is 0 Å². The highest BCUT2D eigenvalue weighted by molar-refractivity contribution is 5.66. The fourth-order valence-corrected chi connectivity index (χ4v) is 1.10. The molecule has 0 aromatic heterocycles. The Kier molecular flexibility index (Phi) is 8.73. The molecular weight excluding hydrogens is 164 g/mol. The van der Waals surface area contributed by atoms with Crippen molar-refractivity contribution >= 4 is 5.97 Å². The van der Waals surface area contributed by atoms with Crippen molar-refractivity contribution < 1.29 is 9.90 Å². The average molecular weight is 184 g/mol. The lowest BCUT2D eigenvalue weighted by Crippen LogP contribution is -1.92. The summed E-state index contributed by atoms with van der Waals surface area (Å²) in [6.07, 6.45) is 11.1. The molecule has 0 fully saturated rings. The SMILES string of the molecule is CCCCC=CCCCCC(=O)O. The van der Waals surface area contributed by atoms with Crippen molar-refractivity contribution in [1.29, 1.82) is 0 Å². The van der Waals surface area contributed by atoms with Gasteiger partial charge in [0.2, 0.25) is 0 Å². The van der Waals surface area contributed by atoms with Gasteiger partial charge in [-0.25, -0.2) is 0 Å². The number of unbranched alkanes of at least 4 members (excludes halogenated alkanes) is 4. The normalized spacial score (nSPS) is 10.8. The first-order chi connectivity index (χ1) is 6.27. The average Bonchev–Trinajstić information content (AvgIpc) is 2.09. The van der Waals surface area contributed by atoms with E-state index in [1.807, 2.05) is 0 Å². The standard InChI is InChI=1S/C11H20O2/c1-2-3-4-5-6-7-8-9-10-11(12)13/h5-6H,2-4,7-10H2,1H3,(H,12,13). The number of aliphatic carboxylic acids is 1. The Bertz CT molecular complexity index is 150. The van der Waals surface area contributed by atoms with Gasteiger partial charge in [0.1, 0.15) is 0 Å². The third kappa shape index (κ3) is 11.2. The van der Waals surface area contributed by atoms with Crippen LogP contribution in [0, 0.1) is 0 Å². The Labute approximate surface area is 80.7 Å². The first-order valence-corrected chi connectivity index (χ1v) is 5.14. The summed E-state index contributed by atoms with van der Waals surface area (Å²) >= 11 is 0. The van der Waals surface area contributed by atoms with E-state index in [4.69, 9.17) is 5.11 Å². The predicted molar refractivity (Wildman–Crippen MR) is 54.8 cm³/mol. The van der Waals surface area contributed by atoms with Crippen molar-refractivity contribution in [3.05, 3.63) is 12.2 Å². The molecule has 0 radical (unpaired) electrons. The van der Waals surface area contributed by atoms with Crippen LogP contribution in [0.1, 0.15) is 51.9 Å². The summed E-state index contributed by atoms with van der Waals surface area (Å²) in [6, 6.07) is 0. The van der Waals surface area contributed by atoms with Crippen LogP contribution in [0.15, 0.2) is 12.2 Å². The van der Waals surface area contributed by atoms with Gasteiger partial charge in [0.15, 0.2) is 0 Å². The molecule has 0 aliphatic carbocycles. The maximum atomic E-state index is 10.2. The number of carboxylic acids is 1. The van der Waals surface area contributed by atoms with Gasteiger partial charge < -0.3 is 5.11 Å². The second-order valence-electron chi connectivity index (χ2n) is 3.25. The molecule has 0 unspecified atom stereocenters. The van der Waals surface area contributed by atoms with Gasteiger partial charge in [0, 0.05) is 6.42 Å². The minimum absolute atomic E-state index is 0.308. The van der Waals surface area contributed by atoms with E-state index in [9.17, 15) is 4.79 Å². The van der Waals surface area contributed by atoms with Gasteiger partial charge in [-0.15, -0.1) is 0 Å². The molecule has 0 heterocycles. The van der Waals surface area contributed by atoms with Gasteiger partial charge in [-0.1, -0.05) is 31.9 Å². The van der Waals surface area contributed by atoms with Crippen LogP contribution in [-0.4, -0.2) is 11.1 Å². The molecule has 0 aromatic rings. The molecule has 0 aliphatic heterocycles. The summed E-state index contributed by atoms with van der Waals surface area (Å²) in [5, 5.41) is 8.37. The molecule has 0 spiro atoms. The zero-order valence-electron chi connectivity index (χ0n) is 8.46. The second-order valence-corrected chi connectivity index (χ2v) is 3.25. The third-order valence-electron chi connectivity index (χ3n) is 1.90. The summed E-state index contributed by atoms with van der Waals surface area (Å²) in [7, 11) is 0. The van der Waals surface area contributed by atoms with Crippen LogP contribution in [0.4, 0.5) is 0 Å². The molecule has 0 saturated carbocycles. The zero-order valence-corrected chi connectivity index (χ0v) is 8.46. The molecule has 76 valence electrons. The Morgan fingerprint density at radius 2 is 1.77 bits per heavy atom. The lowest BCUT2D eigenvalue weighted by atomic mass is 10.1. The van der Waals surface area contributed by atoms with Crippen molar-refractivity contribution in [3.8, 4) is 0 Å². The van der Waals surface area contributed by atoms with E-state index in [2.05, 4.69) is 19.1 Å². The molecule has 1 N–H and O–H groups in total. The molecule has 2 nitrogen and oxygen atoms in total. The van der Waals surface area contributed by atoms with Gasteiger partial charge in [0.25, 0.3) is 0 Å². The minimum atomic E-state index is -0.685. The van der Waals surface area contributed by atoms with E-state index >= 15 is 0 Å². The van der Waals surface area contributed by atoms with Gasteiger partial charge in [-0.05, 0) is 25.7 Å². The van der Waals surface area contributed by atoms with Crippen LogP contribution in [0.25, 0.3) is 0 Å². The van der Waals surface area contributed by atoms with Gasteiger partial charge in [-0.3, -0.25) is 4.79 Å². The summed E-state index contributed by atoms with van der Waals surface area (Å²) in [5.74, 6) is -0.685. The van der Waals surface area contributed by atoms with Crippen LogP contribution in [0.5, 0.6) is 0 Å². The molecule has 0 bridgehead atoms. The highest BCUT2D eigenvalue weighted by Gasteiger charge is 1.93. The van der Waals surface area contributed by atoms with Gasteiger partial charge in [-0.2, -0.15) is 0 Å². The highest BCUT2D eigenvalue weighted by atomic mass is 16.4. The van der Waals surface area contributed by atoms with E-state index in [1.54, 1.807) is 0 Å². The maximum Gasteiger partial charge on any atom is 0.303 e. The number of allylic oxidation sites excluding steroid dienone is 2. The zero-order chi connectivity index (χ0) is 9.94. The topological polar surface area (TPSA) is 37.3 Å². The minimum Gasteiger partial charge on any atom is -0.481 e. The van der Waals surface area contributed by atoms with Crippen molar-refractivity contribution in [3.63, 3.8) is 0 Å². The lowest BCUT2D eigenvalue weighted by molar-refractivity contribution is -0.137. The van der Waals surface area contributed by atoms with Crippen LogP contribution < -0.4 is 0 Å². The fourth-order valence-electron chi connectivity index (χ4n) is 1.10. The van der Waals surface area contributed by atoms with E-state index in [-0.39, 0.29) is 0 Å². The maximum absolute atomic E-state index is 10.2. The molecule has 0 amide bonds. The highest BCUT2D eigenvalue weighted by Crippen LogP contribution is 2.02. The Morgan fingerprint density at radius 1 is 1.15 bits per heavy atom. The van der Waals surface area contributed by atoms with Crippen LogP contribution in [0.2, 0.25) is 0 Å². The first kappa shape index (κ1) is 12.2. The lowest BCUT2D eigenvalue weighted by Gasteiger charge is -1.93. The smallest absolute Gasteiger partial charge is 0.303 e. The number of hydrogen-bond acceptors (Lipinski definition) is 1. The number of carboxylic acid groups (broad SMARTS) is 1. The molecule has 0 rings (SSSR count). The Morgan fingerprint density at radius 3 is 2.31 bits per heavy atom. The molecule has 0 aromatic carbocycles. The number of hydrogen-bond donors (Lipinski definition) is 1. The second kappa shape index (κ2) is 9.30. The first-order valence-electron chi connectivity index (χ1n) is 5.14. The van der Waals surface area contributed by atoms with Gasteiger partial charge in [0.05, 0.1) is 0 Å². The Balaban J connectivity index is 3.06. The quantitative estimate of drug-likeness (QED) is 0.464. The van der Waals surface area contributed by atoms with E-state index in [1.165, 1.54) is 12.8 Å². The number of rotatable bonds is 8. The predicted octanol–water partition coefficient (Wildman–Crippen LogP) is 3.38. The summed E-state index contributed by atoms with van der Waals surface area (Å²) < 4.78 is 0. The van der Waals surface area contributed by atoms with Crippen molar-refractivity contribution in [2.75, 3.05) is 0 Å². The molecule has 0 atom stereocenters.